The number of benzene rings is 1. The number of thiol groups is 1. The van der Waals surface area contributed by atoms with Crippen LogP contribution < -0.4 is 0 Å². The minimum Gasteiger partial charge on any atom is -0.239 e. The molecule has 5 heteroatoms. The van der Waals surface area contributed by atoms with Crippen LogP contribution in [0.3, 0.4) is 0 Å². The van der Waals surface area contributed by atoms with Crippen molar-refractivity contribution in [3.05, 3.63) is 41.5 Å². The summed E-state index contributed by atoms with van der Waals surface area (Å²) in [5, 5.41) is 0. The lowest BCUT2D eigenvalue weighted by atomic mass is 10.2. The first kappa shape index (κ1) is 9.51. The Bertz CT molecular complexity index is 302. The molecule has 0 aliphatic rings. The van der Waals surface area contributed by atoms with E-state index in [0.29, 0.717) is 5.56 Å². The van der Waals surface area contributed by atoms with Crippen molar-refractivity contribution in [3.8, 4) is 0 Å². The Labute approximate surface area is 77.1 Å². The molecule has 0 aliphatic carbocycles. The standard InChI is InChI=1S/C7H6ClO3S/c8-7(11-12(9)10)6-4-2-1-3-5-6/h1-5,12H. The lowest BCUT2D eigenvalue weighted by Crippen LogP contribution is -1.95. The van der Waals surface area contributed by atoms with E-state index in [2.05, 4.69) is 4.18 Å². The first-order valence-electron chi connectivity index (χ1n) is 3.10. The number of rotatable bonds is 3. The van der Waals surface area contributed by atoms with Crippen LogP contribution in [0, 0.1) is 5.56 Å². The monoisotopic (exact) mass is 205 g/mol. The van der Waals surface area contributed by atoms with Gasteiger partial charge in [0.2, 0.25) is 5.56 Å². The molecule has 0 N–H and O–H groups in total. The van der Waals surface area contributed by atoms with Gasteiger partial charge in [-0.2, -0.15) is 0 Å². The molecule has 0 saturated carbocycles. The average Bonchev–Trinajstić information content (AvgIpc) is 2.05. The molecule has 0 saturated heterocycles. The molecule has 3 nitrogen and oxygen atoms in total. The van der Waals surface area contributed by atoms with Gasteiger partial charge in [0.1, 0.15) is 0 Å². The molecule has 0 aliphatic heterocycles. The largest absolute Gasteiger partial charge is 0.259 e. The third-order valence-corrected chi connectivity index (χ3v) is 1.89. The molecule has 0 aromatic heterocycles. The summed E-state index contributed by atoms with van der Waals surface area (Å²) in [5.74, 6) is 0. The van der Waals surface area contributed by atoms with Crippen molar-refractivity contribution in [1.82, 2.24) is 0 Å². The average molecular weight is 206 g/mol. The van der Waals surface area contributed by atoms with Gasteiger partial charge in [0.25, 0.3) is 11.0 Å². The SMILES string of the molecule is O=[SH](=O)O[C](Cl)c1ccccc1. The predicted octanol–water partition coefficient (Wildman–Crippen LogP) is 1.31. The number of hydrogen-bond acceptors (Lipinski definition) is 3. The lowest BCUT2D eigenvalue weighted by molar-refractivity contribution is 0.410. The highest BCUT2D eigenvalue weighted by atomic mass is 35.5. The summed E-state index contributed by atoms with van der Waals surface area (Å²) in [7, 11) is -2.93. The van der Waals surface area contributed by atoms with Crippen LogP contribution in [0.5, 0.6) is 0 Å². The summed E-state index contributed by atoms with van der Waals surface area (Å²) in [6, 6.07) is 8.57. The molecule has 1 aromatic carbocycles. The van der Waals surface area contributed by atoms with Crippen molar-refractivity contribution in [3.63, 3.8) is 0 Å². The molecule has 1 aromatic rings. The van der Waals surface area contributed by atoms with Crippen LogP contribution in [-0.4, -0.2) is 8.42 Å². The maximum atomic E-state index is 10.1. The van der Waals surface area contributed by atoms with Gasteiger partial charge < -0.3 is 0 Å². The molecule has 12 heavy (non-hydrogen) atoms. The van der Waals surface area contributed by atoms with Crippen LogP contribution >= 0.6 is 11.6 Å². The lowest BCUT2D eigenvalue weighted by Gasteiger charge is -2.02. The minimum absolute atomic E-state index is 0.133. The van der Waals surface area contributed by atoms with Crippen molar-refractivity contribution >= 4 is 22.6 Å². The highest BCUT2D eigenvalue weighted by molar-refractivity contribution is 7.67. The maximum absolute atomic E-state index is 10.1. The zero-order chi connectivity index (χ0) is 8.97. The summed E-state index contributed by atoms with van der Waals surface area (Å²) in [6.07, 6.45) is 0. The molecule has 1 radical (unpaired) electrons. The highest BCUT2D eigenvalue weighted by Gasteiger charge is 2.09. The Morgan fingerprint density at radius 1 is 1.25 bits per heavy atom. The molecule has 1 rings (SSSR count). The molecule has 0 bridgehead atoms. The summed E-state index contributed by atoms with van der Waals surface area (Å²) < 4.78 is 24.5. The maximum Gasteiger partial charge on any atom is 0.259 e. The van der Waals surface area contributed by atoms with E-state index < -0.39 is 11.0 Å². The smallest absolute Gasteiger partial charge is 0.239 e. The number of halogens is 1. The van der Waals surface area contributed by atoms with Gasteiger partial charge in [-0.3, -0.25) is 0 Å². The Balaban J connectivity index is 2.71. The van der Waals surface area contributed by atoms with Crippen LogP contribution in [0.15, 0.2) is 30.3 Å². The van der Waals surface area contributed by atoms with E-state index in [9.17, 15) is 8.42 Å². The minimum atomic E-state index is -2.93. The normalized spacial score (nSPS) is 10.9. The first-order chi connectivity index (χ1) is 5.70. The third kappa shape index (κ3) is 2.81. The molecule has 0 unspecified atom stereocenters. The second-order valence-corrected chi connectivity index (χ2v) is 2.93. The highest BCUT2D eigenvalue weighted by Crippen LogP contribution is 2.19. The molecule has 0 fully saturated rings. The second kappa shape index (κ2) is 4.45. The molecular formula is C7H6ClO3S. The molecule has 65 valence electrons. The van der Waals surface area contributed by atoms with Gasteiger partial charge in [0.15, 0.2) is 0 Å². The Morgan fingerprint density at radius 3 is 2.33 bits per heavy atom. The van der Waals surface area contributed by atoms with Crippen LogP contribution in [0.25, 0.3) is 0 Å². The fourth-order valence-electron chi connectivity index (χ4n) is 0.687. The Kier molecular flexibility index (Phi) is 3.52. The Hall–Kier alpha value is -0.580. The Morgan fingerprint density at radius 2 is 1.83 bits per heavy atom. The predicted molar refractivity (Wildman–Crippen MR) is 46.0 cm³/mol. The van der Waals surface area contributed by atoms with E-state index in [1.807, 2.05) is 0 Å². The van der Waals surface area contributed by atoms with E-state index in [4.69, 9.17) is 11.6 Å². The fraction of sp³-hybridized carbons (Fsp3) is 0. The van der Waals surface area contributed by atoms with Crippen molar-refractivity contribution in [2.75, 3.05) is 0 Å². The van der Waals surface area contributed by atoms with Gasteiger partial charge in [-0.25, -0.2) is 12.6 Å². The summed E-state index contributed by atoms with van der Waals surface area (Å²) in [6.45, 7) is 0. The van der Waals surface area contributed by atoms with Crippen LogP contribution in [0.4, 0.5) is 0 Å². The van der Waals surface area contributed by atoms with E-state index in [1.165, 1.54) is 0 Å². The van der Waals surface area contributed by atoms with Crippen molar-refractivity contribution in [2.24, 2.45) is 0 Å². The summed E-state index contributed by atoms with van der Waals surface area (Å²) in [4.78, 5) is 0. The molecule has 0 heterocycles. The van der Waals surface area contributed by atoms with Crippen molar-refractivity contribution in [1.29, 1.82) is 0 Å². The quantitative estimate of drug-likeness (QED) is 0.757. The van der Waals surface area contributed by atoms with Gasteiger partial charge in [0.05, 0.1) is 0 Å². The molecular weight excluding hydrogens is 200 g/mol. The third-order valence-electron chi connectivity index (χ3n) is 1.16. The molecule has 0 atom stereocenters. The van der Waals surface area contributed by atoms with Gasteiger partial charge in [-0.05, 0) is 0 Å². The van der Waals surface area contributed by atoms with Crippen LogP contribution in [0.1, 0.15) is 5.56 Å². The fourth-order valence-corrected chi connectivity index (χ4v) is 1.22. The second-order valence-electron chi connectivity index (χ2n) is 1.95. The number of hydrogen-bond donors (Lipinski definition) is 1. The van der Waals surface area contributed by atoms with E-state index in [-0.39, 0.29) is 5.56 Å². The van der Waals surface area contributed by atoms with Gasteiger partial charge in [0, 0.05) is 5.56 Å². The first-order valence-corrected chi connectivity index (χ1v) is 4.57. The van der Waals surface area contributed by atoms with Gasteiger partial charge >= 0.3 is 0 Å². The van der Waals surface area contributed by atoms with Gasteiger partial charge in [-0.1, -0.05) is 41.9 Å². The summed E-state index contributed by atoms with van der Waals surface area (Å²) in [5.41, 5.74) is 0.407. The molecule has 0 amide bonds. The zero-order valence-corrected chi connectivity index (χ0v) is 7.59. The van der Waals surface area contributed by atoms with E-state index >= 15 is 0 Å². The topological polar surface area (TPSA) is 43.4 Å². The van der Waals surface area contributed by atoms with E-state index in [1.54, 1.807) is 30.3 Å². The van der Waals surface area contributed by atoms with Crippen molar-refractivity contribution in [2.45, 2.75) is 0 Å². The zero-order valence-electron chi connectivity index (χ0n) is 5.94. The summed E-state index contributed by atoms with van der Waals surface area (Å²) >= 11 is 5.51. The van der Waals surface area contributed by atoms with E-state index in [0.717, 1.165) is 0 Å². The van der Waals surface area contributed by atoms with Crippen LogP contribution in [-0.2, 0) is 15.2 Å². The molecule has 0 spiro atoms. The van der Waals surface area contributed by atoms with Crippen LogP contribution in [0.2, 0.25) is 0 Å². The van der Waals surface area contributed by atoms with Crippen molar-refractivity contribution < 1.29 is 12.6 Å². The van der Waals surface area contributed by atoms with Gasteiger partial charge in [-0.15, -0.1) is 0 Å².